The SMILES string of the molecule is CCCCCCCCN(C(=O)Cl)C12CC3CC(CC(C3)C1)C2. The molecular formula is C19H32ClNO. The van der Waals surface area contributed by atoms with Gasteiger partial charge in [-0.3, -0.25) is 4.79 Å². The van der Waals surface area contributed by atoms with Gasteiger partial charge in [-0.1, -0.05) is 39.0 Å². The molecule has 0 saturated heterocycles. The fourth-order valence-corrected chi connectivity index (χ4v) is 6.22. The minimum Gasteiger partial charge on any atom is -0.324 e. The van der Waals surface area contributed by atoms with Crippen LogP contribution in [0.15, 0.2) is 0 Å². The fraction of sp³-hybridized carbons (Fsp3) is 0.947. The molecule has 0 aromatic rings. The minimum absolute atomic E-state index is 0.136. The number of hydrogen-bond acceptors (Lipinski definition) is 1. The Kier molecular flexibility index (Phi) is 5.37. The maximum absolute atomic E-state index is 12.1. The summed E-state index contributed by atoms with van der Waals surface area (Å²) in [5.41, 5.74) is 0.136. The number of unbranched alkanes of at least 4 members (excludes halogenated alkanes) is 5. The normalized spacial score (nSPS) is 35.8. The van der Waals surface area contributed by atoms with Gasteiger partial charge in [-0.05, 0) is 74.3 Å². The number of halogens is 1. The molecule has 126 valence electrons. The van der Waals surface area contributed by atoms with Gasteiger partial charge in [0.05, 0.1) is 0 Å². The van der Waals surface area contributed by atoms with E-state index >= 15 is 0 Å². The molecule has 4 saturated carbocycles. The molecule has 0 radical (unpaired) electrons. The third-order valence-corrected chi connectivity index (χ3v) is 6.73. The molecule has 0 unspecified atom stereocenters. The first kappa shape index (κ1) is 16.6. The second-order valence-corrected chi connectivity index (χ2v) is 8.64. The van der Waals surface area contributed by atoms with Crippen LogP contribution in [0.2, 0.25) is 0 Å². The number of carbonyl (C=O) groups excluding carboxylic acids is 1. The first-order chi connectivity index (χ1) is 10.6. The van der Waals surface area contributed by atoms with Gasteiger partial charge in [0.15, 0.2) is 0 Å². The van der Waals surface area contributed by atoms with Gasteiger partial charge in [0, 0.05) is 12.1 Å². The Morgan fingerprint density at radius 1 is 0.955 bits per heavy atom. The number of carbonyl (C=O) groups is 1. The maximum atomic E-state index is 12.1. The first-order valence-electron chi connectivity index (χ1n) is 9.60. The Morgan fingerprint density at radius 2 is 1.45 bits per heavy atom. The predicted octanol–water partition coefficient (Wildman–Crippen LogP) is 5.98. The van der Waals surface area contributed by atoms with Crippen LogP contribution in [0.25, 0.3) is 0 Å². The molecule has 0 N–H and O–H groups in total. The van der Waals surface area contributed by atoms with Crippen molar-refractivity contribution in [3.63, 3.8) is 0 Å². The van der Waals surface area contributed by atoms with E-state index in [2.05, 4.69) is 11.8 Å². The van der Waals surface area contributed by atoms with Crippen molar-refractivity contribution in [3.8, 4) is 0 Å². The molecule has 0 aromatic carbocycles. The Balaban J connectivity index is 1.56. The standard InChI is InChI=1S/C19H32ClNO/c1-2-3-4-5-6-7-8-21(18(20)22)19-12-15-9-16(13-19)11-17(10-15)14-19/h15-17H,2-14H2,1H3. The van der Waals surface area contributed by atoms with Crippen LogP contribution in [0.1, 0.15) is 84.0 Å². The van der Waals surface area contributed by atoms with Crippen LogP contribution >= 0.6 is 11.6 Å². The van der Waals surface area contributed by atoms with Crippen molar-refractivity contribution in [1.82, 2.24) is 4.90 Å². The van der Waals surface area contributed by atoms with Gasteiger partial charge in [-0.25, -0.2) is 0 Å². The van der Waals surface area contributed by atoms with E-state index < -0.39 is 0 Å². The third-order valence-electron chi connectivity index (χ3n) is 6.53. The van der Waals surface area contributed by atoms with Gasteiger partial charge >= 0.3 is 5.37 Å². The average Bonchev–Trinajstić information content (AvgIpc) is 2.44. The second kappa shape index (κ2) is 7.11. The summed E-state index contributed by atoms with van der Waals surface area (Å²) < 4.78 is 0. The molecule has 0 spiro atoms. The van der Waals surface area contributed by atoms with E-state index in [9.17, 15) is 4.79 Å². The van der Waals surface area contributed by atoms with E-state index in [-0.39, 0.29) is 10.9 Å². The molecule has 0 heterocycles. The lowest BCUT2D eigenvalue weighted by molar-refractivity contribution is -0.0671. The Morgan fingerprint density at radius 3 is 1.95 bits per heavy atom. The summed E-state index contributed by atoms with van der Waals surface area (Å²) >= 11 is 6.03. The summed E-state index contributed by atoms with van der Waals surface area (Å²) in [4.78, 5) is 14.2. The van der Waals surface area contributed by atoms with E-state index in [0.29, 0.717) is 0 Å². The lowest BCUT2D eigenvalue weighted by Gasteiger charge is -2.60. The van der Waals surface area contributed by atoms with Gasteiger partial charge in [-0.2, -0.15) is 0 Å². The van der Waals surface area contributed by atoms with E-state index in [1.54, 1.807) is 0 Å². The van der Waals surface area contributed by atoms with Gasteiger partial charge in [0.25, 0.3) is 0 Å². The van der Waals surface area contributed by atoms with Crippen molar-refractivity contribution in [2.24, 2.45) is 17.8 Å². The highest BCUT2D eigenvalue weighted by Gasteiger charge is 2.54. The van der Waals surface area contributed by atoms with E-state index in [1.165, 1.54) is 70.6 Å². The van der Waals surface area contributed by atoms with Gasteiger partial charge in [0.1, 0.15) is 0 Å². The van der Waals surface area contributed by atoms with Crippen LogP contribution in [0.4, 0.5) is 4.79 Å². The first-order valence-corrected chi connectivity index (χ1v) is 9.98. The third kappa shape index (κ3) is 3.47. The van der Waals surface area contributed by atoms with Crippen molar-refractivity contribution < 1.29 is 4.79 Å². The van der Waals surface area contributed by atoms with Crippen LogP contribution < -0.4 is 0 Å². The van der Waals surface area contributed by atoms with Crippen molar-refractivity contribution in [2.75, 3.05) is 6.54 Å². The smallest absolute Gasteiger partial charge is 0.316 e. The Hall–Kier alpha value is -0.240. The summed E-state index contributed by atoms with van der Waals surface area (Å²) in [6, 6.07) is 0. The second-order valence-electron chi connectivity index (χ2n) is 8.31. The summed E-state index contributed by atoms with van der Waals surface area (Å²) in [6.45, 7) is 3.14. The number of rotatable bonds is 8. The average molecular weight is 326 g/mol. The summed E-state index contributed by atoms with van der Waals surface area (Å²) in [5.74, 6) is 2.61. The molecule has 4 aliphatic rings. The summed E-state index contributed by atoms with van der Waals surface area (Å²) in [7, 11) is 0. The Labute approximate surface area is 141 Å². The zero-order chi connectivity index (χ0) is 15.6. The topological polar surface area (TPSA) is 20.3 Å². The lowest BCUT2D eigenvalue weighted by atomic mass is 9.52. The molecule has 2 nitrogen and oxygen atoms in total. The van der Waals surface area contributed by atoms with Crippen molar-refractivity contribution in [1.29, 1.82) is 0 Å². The summed E-state index contributed by atoms with van der Waals surface area (Å²) in [6.07, 6.45) is 15.6. The molecule has 1 amide bonds. The van der Waals surface area contributed by atoms with Crippen molar-refractivity contribution >= 4 is 17.0 Å². The molecular weight excluding hydrogens is 294 g/mol. The fourth-order valence-electron chi connectivity index (χ4n) is 5.96. The van der Waals surface area contributed by atoms with E-state index in [0.717, 1.165) is 30.7 Å². The molecule has 4 bridgehead atoms. The zero-order valence-electron chi connectivity index (χ0n) is 14.2. The monoisotopic (exact) mass is 325 g/mol. The zero-order valence-corrected chi connectivity index (χ0v) is 14.9. The van der Waals surface area contributed by atoms with Crippen molar-refractivity contribution in [3.05, 3.63) is 0 Å². The molecule has 4 aliphatic carbocycles. The van der Waals surface area contributed by atoms with Gasteiger partial charge < -0.3 is 4.90 Å². The Bertz CT molecular complexity index is 360. The highest BCUT2D eigenvalue weighted by molar-refractivity contribution is 6.62. The molecule has 22 heavy (non-hydrogen) atoms. The number of hydrogen-bond donors (Lipinski definition) is 0. The van der Waals surface area contributed by atoms with E-state index in [1.807, 2.05) is 0 Å². The molecule has 0 atom stereocenters. The lowest BCUT2D eigenvalue weighted by Crippen LogP contribution is -2.60. The van der Waals surface area contributed by atoms with Crippen LogP contribution in [0, 0.1) is 17.8 Å². The van der Waals surface area contributed by atoms with Crippen LogP contribution in [-0.2, 0) is 0 Å². The van der Waals surface area contributed by atoms with Crippen LogP contribution in [0.3, 0.4) is 0 Å². The minimum atomic E-state index is -0.185. The molecule has 0 aromatic heterocycles. The summed E-state index contributed by atoms with van der Waals surface area (Å²) in [5, 5.41) is -0.185. The molecule has 3 heteroatoms. The number of nitrogens with zero attached hydrogens (tertiary/aromatic N) is 1. The van der Waals surface area contributed by atoms with Crippen LogP contribution in [-0.4, -0.2) is 22.3 Å². The molecule has 0 aliphatic heterocycles. The molecule has 4 fully saturated rings. The van der Waals surface area contributed by atoms with E-state index in [4.69, 9.17) is 11.6 Å². The van der Waals surface area contributed by atoms with Crippen molar-refractivity contribution in [2.45, 2.75) is 89.5 Å². The highest BCUT2D eigenvalue weighted by atomic mass is 35.5. The number of amides is 1. The maximum Gasteiger partial charge on any atom is 0.316 e. The highest BCUT2D eigenvalue weighted by Crippen LogP contribution is 2.58. The van der Waals surface area contributed by atoms with Gasteiger partial charge in [-0.15, -0.1) is 0 Å². The largest absolute Gasteiger partial charge is 0.324 e. The predicted molar refractivity (Wildman–Crippen MR) is 92.2 cm³/mol. The van der Waals surface area contributed by atoms with Crippen LogP contribution in [0.5, 0.6) is 0 Å². The van der Waals surface area contributed by atoms with Gasteiger partial charge in [0.2, 0.25) is 0 Å². The quantitative estimate of drug-likeness (QED) is 0.305. The molecule has 4 rings (SSSR count).